The van der Waals surface area contributed by atoms with Crippen LogP contribution in [-0.2, 0) is 53.3 Å². The summed E-state index contributed by atoms with van der Waals surface area (Å²) < 4.78 is 0. The van der Waals surface area contributed by atoms with E-state index in [0.717, 1.165) is 27.7 Å². The Morgan fingerprint density at radius 3 is 0.667 bits per heavy atom. The topological polar surface area (TPSA) is 213 Å². The number of hydrogen-bond acceptors (Lipinski definition) is 10. The molecular weight excluding hydrogens is 434 g/mol. The number of carboxylic acids is 4. The zero-order chi connectivity index (χ0) is 17.7. The summed E-state index contributed by atoms with van der Waals surface area (Å²) >= 11 is 0. The zero-order valence-electron chi connectivity index (χ0n) is 16.5. The molecule has 0 saturated carbocycles. The van der Waals surface area contributed by atoms with Crippen LogP contribution in [0, 0.1) is 0 Å². The van der Waals surface area contributed by atoms with Crippen LogP contribution in [0.3, 0.4) is 0 Å². The summed E-state index contributed by atoms with van der Waals surface area (Å²) in [5, 5.41) is 35.6. The standard InChI is InChI=1S/C2H8N2.4C2H4O2.2Fe.2Na.2H/c3-1-2-4;4*1-2(3)4;;;;;;/h1-4H2;4*1H3,(H,3,4);;;;;;/q;;;;;2*+2;2*+1;2*-1/p-4. The van der Waals surface area contributed by atoms with Gasteiger partial charge in [-0.2, -0.15) is 0 Å². The summed E-state index contributed by atoms with van der Waals surface area (Å²) in [4.78, 5) is 35.6. The van der Waals surface area contributed by atoms with E-state index in [2.05, 4.69) is 0 Å². The molecule has 0 atom stereocenters. The van der Waals surface area contributed by atoms with Crippen molar-refractivity contribution >= 4 is 23.9 Å². The molecule has 0 aromatic carbocycles. The molecular formula is C10H22Fe2N2Na2O8. The minimum atomic E-state index is -1.08. The Bertz CT molecular complexity index is 219. The van der Waals surface area contributed by atoms with Crippen molar-refractivity contribution in [2.24, 2.45) is 11.5 Å². The SMILES string of the molecule is CC(=O)[O-].CC(=O)[O-].CC(=O)[O-].CC(=O)[O-].NCCN.[Fe+2].[Fe+2].[H-].[H-].[Na+].[Na+]. The van der Waals surface area contributed by atoms with Crippen molar-refractivity contribution in [3.63, 3.8) is 0 Å². The van der Waals surface area contributed by atoms with Crippen LogP contribution in [0.25, 0.3) is 0 Å². The van der Waals surface area contributed by atoms with Crippen molar-refractivity contribution in [3.05, 3.63) is 0 Å². The second kappa shape index (κ2) is 56.5. The Balaban J connectivity index is -0.0000000114. The van der Waals surface area contributed by atoms with Gasteiger partial charge < -0.3 is 53.9 Å². The van der Waals surface area contributed by atoms with E-state index in [0.29, 0.717) is 13.1 Å². The maximum absolute atomic E-state index is 8.89. The molecule has 0 spiro atoms. The van der Waals surface area contributed by atoms with Gasteiger partial charge in [0.15, 0.2) is 0 Å². The molecule has 0 rings (SSSR count). The van der Waals surface area contributed by atoms with Crippen LogP contribution in [-0.4, -0.2) is 37.0 Å². The third-order valence-corrected chi connectivity index (χ3v) is 0.167. The molecule has 0 aliphatic heterocycles. The fraction of sp³-hybridized carbons (Fsp3) is 0.600. The summed E-state index contributed by atoms with van der Waals surface area (Å²) in [5.74, 6) is -4.33. The molecule has 0 radical (unpaired) electrons. The van der Waals surface area contributed by atoms with Crippen LogP contribution in [0.15, 0.2) is 0 Å². The van der Waals surface area contributed by atoms with Crippen molar-refractivity contribution in [1.82, 2.24) is 0 Å². The second-order valence-corrected chi connectivity index (χ2v) is 2.54. The van der Waals surface area contributed by atoms with E-state index in [1.165, 1.54) is 0 Å². The van der Waals surface area contributed by atoms with E-state index in [4.69, 9.17) is 51.1 Å². The molecule has 0 saturated heterocycles. The minimum Gasteiger partial charge on any atom is -1.00 e. The average Bonchev–Trinajstić information content (AvgIpc) is 2.13. The third kappa shape index (κ3) is 3220. The smallest absolute Gasteiger partial charge is 1.00 e. The van der Waals surface area contributed by atoms with Crippen LogP contribution < -0.4 is 91.0 Å². The molecule has 0 fully saturated rings. The monoisotopic (exact) mass is 456 g/mol. The Hall–Kier alpha value is 0.839. The quantitative estimate of drug-likeness (QED) is 0.356. The van der Waals surface area contributed by atoms with Gasteiger partial charge in [-0.05, 0) is 27.7 Å². The summed E-state index contributed by atoms with van der Waals surface area (Å²) in [7, 11) is 0. The van der Waals surface area contributed by atoms with E-state index in [-0.39, 0.29) is 96.1 Å². The van der Waals surface area contributed by atoms with E-state index in [1.54, 1.807) is 0 Å². The van der Waals surface area contributed by atoms with Crippen molar-refractivity contribution in [1.29, 1.82) is 0 Å². The van der Waals surface area contributed by atoms with Crippen LogP contribution in [0.2, 0.25) is 0 Å². The fourth-order valence-electron chi connectivity index (χ4n) is 0. The van der Waals surface area contributed by atoms with E-state index < -0.39 is 23.9 Å². The minimum absolute atomic E-state index is 0. The van der Waals surface area contributed by atoms with Crippen LogP contribution in [0.1, 0.15) is 30.5 Å². The Morgan fingerprint density at radius 1 is 0.625 bits per heavy atom. The first kappa shape index (κ1) is 56.3. The molecule has 0 bridgehead atoms. The molecule has 0 aromatic rings. The largest absolute Gasteiger partial charge is 2.00 e. The molecule has 0 aliphatic rings. The van der Waals surface area contributed by atoms with Crippen molar-refractivity contribution in [3.8, 4) is 0 Å². The molecule has 14 heteroatoms. The van der Waals surface area contributed by atoms with E-state index in [9.17, 15) is 0 Å². The Kier molecular flexibility index (Phi) is 132. The Labute approximate surface area is 210 Å². The number of hydrogen-bond donors (Lipinski definition) is 2. The zero-order valence-corrected chi connectivity index (χ0v) is 20.8. The summed E-state index contributed by atoms with van der Waals surface area (Å²) in [5.41, 5.74) is 9.81. The van der Waals surface area contributed by atoms with Crippen LogP contribution in [0.5, 0.6) is 0 Å². The first-order valence-electron chi connectivity index (χ1n) is 4.95. The predicted molar refractivity (Wildman–Crippen MR) is 63.1 cm³/mol. The van der Waals surface area contributed by atoms with Gasteiger partial charge in [0.05, 0.1) is 0 Å². The van der Waals surface area contributed by atoms with Gasteiger partial charge in [0.1, 0.15) is 0 Å². The van der Waals surface area contributed by atoms with Gasteiger partial charge >= 0.3 is 93.3 Å². The van der Waals surface area contributed by atoms with Gasteiger partial charge in [-0.25, -0.2) is 0 Å². The first-order chi connectivity index (χ1) is 8.84. The molecule has 4 N–H and O–H groups in total. The second-order valence-electron chi connectivity index (χ2n) is 2.54. The Morgan fingerprint density at radius 2 is 0.667 bits per heavy atom. The summed E-state index contributed by atoms with van der Waals surface area (Å²) in [6.45, 7) is 5.08. The molecule has 0 aromatic heterocycles. The predicted octanol–water partition coefficient (Wildman–Crippen LogP) is -11.8. The molecule has 0 amide bonds. The normalized spacial score (nSPS) is 5.42. The van der Waals surface area contributed by atoms with Crippen LogP contribution >= 0.6 is 0 Å². The molecule has 10 nitrogen and oxygen atoms in total. The molecule has 0 aliphatic carbocycles. The maximum atomic E-state index is 8.89. The summed E-state index contributed by atoms with van der Waals surface area (Å²) in [6, 6.07) is 0. The molecule has 138 valence electrons. The van der Waals surface area contributed by atoms with E-state index in [1.807, 2.05) is 0 Å². The molecule has 0 heterocycles. The van der Waals surface area contributed by atoms with Gasteiger partial charge in [-0.15, -0.1) is 0 Å². The van der Waals surface area contributed by atoms with Gasteiger partial charge in [0, 0.05) is 37.0 Å². The number of rotatable bonds is 1. The van der Waals surface area contributed by atoms with E-state index >= 15 is 0 Å². The van der Waals surface area contributed by atoms with Crippen molar-refractivity contribution < 1.29 is 136 Å². The fourth-order valence-corrected chi connectivity index (χ4v) is 0. The van der Waals surface area contributed by atoms with Gasteiger partial charge in [0.25, 0.3) is 0 Å². The van der Waals surface area contributed by atoms with Gasteiger partial charge in [-0.3, -0.25) is 0 Å². The molecule has 24 heavy (non-hydrogen) atoms. The maximum Gasteiger partial charge on any atom is 2.00 e. The number of nitrogens with two attached hydrogens (primary N) is 2. The molecule has 0 unspecified atom stereocenters. The number of carboxylic acid groups (broad SMARTS) is 4. The number of carbonyl (C=O) groups excluding carboxylic acids is 4. The van der Waals surface area contributed by atoms with Gasteiger partial charge in [-0.1, -0.05) is 0 Å². The van der Waals surface area contributed by atoms with Gasteiger partial charge in [0.2, 0.25) is 0 Å². The number of carbonyl (C=O) groups is 4. The third-order valence-electron chi connectivity index (χ3n) is 0.167. The van der Waals surface area contributed by atoms with Crippen molar-refractivity contribution in [2.45, 2.75) is 27.7 Å². The first-order valence-corrected chi connectivity index (χ1v) is 4.95. The average molecular weight is 456 g/mol. The van der Waals surface area contributed by atoms with Crippen molar-refractivity contribution in [2.75, 3.05) is 13.1 Å². The van der Waals surface area contributed by atoms with Crippen LogP contribution in [0.4, 0.5) is 0 Å². The number of aliphatic carboxylic acids is 4. The summed E-state index contributed by atoms with van der Waals surface area (Å²) in [6.07, 6.45) is 0.